The van der Waals surface area contributed by atoms with Gasteiger partial charge in [-0.25, -0.2) is 4.79 Å². The minimum Gasteiger partial charge on any atom is -0.490 e. The molecule has 1 aliphatic rings. The standard InChI is InChI=1S/C27H22N2O6S/c1-2-34-23-14-18(11-12-22(23)35-16-17-7-4-3-5-8-17)13-21-24(30)28-27(36)29(25(21)31)20-10-6-9-19(15-20)26(32)33/h3-15H,2,16H2,1H3,(H,32,33)(H,28,30,36). The first-order valence-electron chi connectivity index (χ1n) is 11.1. The van der Waals surface area contributed by atoms with Crippen molar-refractivity contribution in [1.82, 2.24) is 5.32 Å². The Labute approximate surface area is 212 Å². The lowest BCUT2D eigenvalue weighted by Crippen LogP contribution is -2.54. The van der Waals surface area contributed by atoms with Crippen molar-refractivity contribution < 1.29 is 29.0 Å². The van der Waals surface area contributed by atoms with Gasteiger partial charge in [0.1, 0.15) is 12.2 Å². The molecule has 36 heavy (non-hydrogen) atoms. The number of aromatic carboxylic acids is 1. The summed E-state index contributed by atoms with van der Waals surface area (Å²) in [6, 6.07) is 20.5. The van der Waals surface area contributed by atoms with E-state index in [1.165, 1.54) is 30.3 Å². The molecule has 4 rings (SSSR count). The highest BCUT2D eigenvalue weighted by molar-refractivity contribution is 7.80. The van der Waals surface area contributed by atoms with E-state index < -0.39 is 17.8 Å². The molecule has 1 aliphatic heterocycles. The first-order valence-corrected chi connectivity index (χ1v) is 11.5. The molecule has 0 saturated carbocycles. The molecular weight excluding hydrogens is 480 g/mol. The molecule has 1 saturated heterocycles. The Morgan fingerprint density at radius 1 is 1.00 bits per heavy atom. The molecule has 1 fully saturated rings. The molecule has 2 N–H and O–H groups in total. The molecule has 9 heteroatoms. The van der Waals surface area contributed by atoms with E-state index in [2.05, 4.69) is 5.32 Å². The molecule has 0 aromatic heterocycles. The summed E-state index contributed by atoms with van der Waals surface area (Å²) in [6.45, 7) is 2.58. The van der Waals surface area contributed by atoms with E-state index in [-0.39, 0.29) is 21.9 Å². The van der Waals surface area contributed by atoms with Gasteiger partial charge in [-0.05, 0) is 66.7 Å². The number of amides is 2. The zero-order valence-corrected chi connectivity index (χ0v) is 20.1. The molecule has 0 aliphatic carbocycles. The predicted molar refractivity (Wildman–Crippen MR) is 138 cm³/mol. The second-order valence-electron chi connectivity index (χ2n) is 7.73. The molecule has 0 atom stereocenters. The molecule has 0 radical (unpaired) electrons. The van der Waals surface area contributed by atoms with Crippen LogP contribution >= 0.6 is 12.2 Å². The lowest BCUT2D eigenvalue weighted by molar-refractivity contribution is -0.122. The largest absolute Gasteiger partial charge is 0.490 e. The van der Waals surface area contributed by atoms with Gasteiger partial charge in [-0.1, -0.05) is 42.5 Å². The second kappa shape index (κ2) is 10.8. The van der Waals surface area contributed by atoms with Crippen LogP contribution in [0.4, 0.5) is 5.69 Å². The summed E-state index contributed by atoms with van der Waals surface area (Å²) in [6.07, 6.45) is 1.43. The minimum atomic E-state index is -1.15. The lowest BCUT2D eigenvalue weighted by atomic mass is 10.1. The highest BCUT2D eigenvalue weighted by atomic mass is 32.1. The smallest absolute Gasteiger partial charge is 0.335 e. The van der Waals surface area contributed by atoms with E-state index in [9.17, 15) is 19.5 Å². The van der Waals surface area contributed by atoms with Crippen molar-refractivity contribution in [1.29, 1.82) is 0 Å². The summed E-state index contributed by atoms with van der Waals surface area (Å²) in [7, 11) is 0. The van der Waals surface area contributed by atoms with Crippen molar-refractivity contribution >= 4 is 46.9 Å². The number of hydrogen-bond acceptors (Lipinski definition) is 6. The van der Waals surface area contributed by atoms with Crippen molar-refractivity contribution in [3.05, 3.63) is 95.1 Å². The van der Waals surface area contributed by atoms with Gasteiger partial charge in [0.2, 0.25) is 0 Å². The molecule has 3 aromatic rings. The van der Waals surface area contributed by atoms with Crippen LogP contribution in [0, 0.1) is 0 Å². The molecular formula is C27H22N2O6S. The van der Waals surface area contributed by atoms with Crippen LogP contribution in [0.15, 0.2) is 78.4 Å². The van der Waals surface area contributed by atoms with Crippen molar-refractivity contribution in [2.45, 2.75) is 13.5 Å². The Hall–Kier alpha value is -4.50. The molecule has 8 nitrogen and oxygen atoms in total. The minimum absolute atomic E-state index is 0.0158. The van der Waals surface area contributed by atoms with E-state index >= 15 is 0 Å². The molecule has 0 spiro atoms. The van der Waals surface area contributed by atoms with Gasteiger partial charge in [0.05, 0.1) is 17.9 Å². The Balaban J connectivity index is 1.63. The third-order valence-electron chi connectivity index (χ3n) is 5.27. The zero-order chi connectivity index (χ0) is 25.7. The highest BCUT2D eigenvalue weighted by Crippen LogP contribution is 2.31. The topological polar surface area (TPSA) is 105 Å². The number of carbonyl (C=O) groups excluding carboxylic acids is 2. The summed E-state index contributed by atoms with van der Waals surface area (Å²) >= 11 is 5.19. The van der Waals surface area contributed by atoms with Crippen LogP contribution in [0.5, 0.6) is 11.5 Å². The molecule has 0 unspecified atom stereocenters. The van der Waals surface area contributed by atoms with Crippen molar-refractivity contribution in [2.24, 2.45) is 0 Å². The van der Waals surface area contributed by atoms with Gasteiger partial charge < -0.3 is 14.6 Å². The number of ether oxygens (including phenoxy) is 2. The lowest BCUT2D eigenvalue weighted by Gasteiger charge is -2.29. The van der Waals surface area contributed by atoms with Gasteiger partial charge in [-0.3, -0.25) is 19.8 Å². The molecule has 1 heterocycles. The van der Waals surface area contributed by atoms with Crippen LogP contribution in [0.25, 0.3) is 6.08 Å². The monoisotopic (exact) mass is 502 g/mol. The Morgan fingerprint density at radius 2 is 1.78 bits per heavy atom. The number of carboxylic acid groups (broad SMARTS) is 1. The third kappa shape index (κ3) is 5.42. The SMILES string of the molecule is CCOc1cc(C=C2C(=O)NC(=S)N(c3cccc(C(=O)O)c3)C2=O)ccc1OCc1ccccc1. The number of carboxylic acids is 1. The van der Waals surface area contributed by atoms with E-state index in [0.29, 0.717) is 30.3 Å². The average Bonchev–Trinajstić information content (AvgIpc) is 2.87. The molecule has 182 valence electrons. The van der Waals surface area contributed by atoms with E-state index in [4.69, 9.17) is 21.7 Å². The third-order valence-corrected chi connectivity index (χ3v) is 5.55. The fraction of sp³-hybridized carbons (Fsp3) is 0.111. The summed E-state index contributed by atoms with van der Waals surface area (Å²) < 4.78 is 11.6. The van der Waals surface area contributed by atoms with Crippen LogP contribution in [0.1, 0.15) is 28.4 Å². The van der Waals surface area contributed by atoms with Gasteiger partial charge in [0.15, 0.2) is 16.6 Å². The quantitative estimate of drug-likeness (QED) is 0.270. The Kier molecular flexibility index (Phi) is 7.41. The number of nitrogens with zero attached hydrogens (tertiary/aromatic N) is 1. The maximum atomic E-state index is 13.3. The van der Waals surface area contributed by atoms with Gasteiger partial charge in [0, 0.05) is 0 Å². The summed E-state index contributed by atoms with van der Waals surface area (Å²) in [5.41, 5.74) is 1.59. The second-order valence-corrected chi connectivity index (χ2v) is 8.11. The van der Waals surface area contributed by atoms with Crippen molar-refractivity contribution in [3.8, 4) is 11.5 Å². The first-order chi connectivity index (χ1) is 17.4. The predicted octanol–water partition coefficient (Wildman–Crippen LogP) is 4.19. The average molecular weight is 503 g/mol. The Morgan fingerprint density at radius 3 is 2.50 bits per heavy atom. The van der Waals surface area contributed by atoms with Crippen LogP contribution in [-0.2, 0) is 16.2 Å². The first kappa shape index (κ1) is 24.6. The Bertz CT molecular complexity index is 1370. The van der Waals surface area contributed by atoms with Crippen LogP contribution in [0.2, 0.25) is 0 Å². The van der Waals surface area contributed by atoms with Crippen LogP contribution in [-0.4, -0.2) is 34.6 Å². The van der Waals surface area contributed by atoms with Crippen LogP contribution in [0.3, 0.4) is 0 Å². The number of anilines is 1. The maximum Gasteiger partial charge on any atom is 0.335 e. The zero-order valence-electron chi connectivity index (χ0n) is 19.3. The number of carbonyl (C=O) groups is 3. The molecule has 0 bridgehead atoms. The summed E-state index contributed by atoms with van der Waals surface area (Å²) in [5, 5.41) is 11.6. The van der Waals surface area contributed by atoms with Crippen molar-refractivity contribution in [2.75, 3.05) is 11.5 Å². The van der Waals surface area contributed by atoms with Crippen molar-refractivity contribution in [3.63, 3.8) is 0 Å². The van der Waals surface area contributed by atoms with E-state index in [0.717, 1.165) is 10.5 Å². The highest BCUT2D eigenvalue weighted by Gasteiger charge is 2.34. The normalized spacial score (nSPS) is 14.5. The molecule has 3 aromatic carbocycles. The van der Waals surface area contributed by atoms with Crippen LogP contribution < -0.4 is 19.7 Å². The molecule has 2 amide bonds. The van der Waals surface area contributed by atoms with E-state index in [1.807, 2.05) is 37.3 Å². The fourth-order valence-corrected chi connectivity index (χ4v) is 3.85. The number of rotatable bonds is 8. The fourth-order valence-electron chi connectivity index (χ4n) is 3.57. The van der Waals surface area contributed by atoms with Gasteiger partial charge >= 0.3 is 5.97 Å². The number of nitrogens with one attached hydrogen (secondary N) is 1. The summed E-state index contributed by atoms with van der Waals surface area (Å²) in [5.74, 6) is -1.49. The van der Waals surface area contributed by atoms with E-state index in [1.54, 1.807) is 18.2 Å². The van der Waals surface area contributed by atoms with Gasteiger partial charge in [0.25, 0.3) is 11.8 Å². The van der Waals surface area contributed by atoms with Gasteiger partial charge in [-0.2, -0.15) is 0 Å². The number of thiocarbonyl (C=S) groups is 1. The van der Waals surface area contributed by atoms with Gasteiger partial charge in [-0.15, -0.1) is 0 Å². The number of benzene rings is 3. The maximum absolute atomic E-state index is 13.3. The number of hydrogen-bond donors (Lipinski definition) is 2. The summed E-state index contributed by atoms with van der Waals surface area (Å²) in [4.78, 5) is 38.4.